The Bertz CT molecular complexity index is 486. The summed E-state index contributed by atoms with van der Waals surface area (Å²) >= 11 is 1.40. The maximum absolute atomic E-state index is 11.9. The Morgan fingerprint density at radius 2 is 1.90 bits per heavy atom. The molecule has 20 heavy (non-hydrogen) atoms. The number of carbonyl (C=O) groups is 2. The number of nitrogens with zero attached hydrogens (tertiary/aromatic N) is 1. The number of aromatic nitrogens is 1. The monoisotopic (exact) mass is 299 g/mol. The van der Waals surface area contributed by atoms with Crippen molar-refractivity contribution in [1.82, 2.24) is 10.3 Å². The number of ether oxygens (including phenoxy) is 1. The highest BCUT2D eigenvalue weighted by Crippen LogP contribution is 2.21. The van der Waals surface area contributed by atoms with Crippen molar-refractivity contribution in [2.75, 3.05) is 5.32 Å². The molecule has 2 amide bonds. The number of carbonyl (C=O) groups excluding carboxylic acids is 2. The van der Waals surface area contributed by atoms with Crippen molar-refractivity contribution in [2.24, 2.45) is 0 Å². The van der Waals surface area contributed by atoms with Gasteiger partial charge in [0.1, 0.15) is 11.6 Å². The van der Waals surface area contributed by atoms with E-state index in [1.807, 2.05) is 13.8 Å². The summed E-state index contributed by atoms with van der Waals surface area (Å²) in [5.41, 5.74) is 0.294. The molecule has 1 aromatic heterocycles. The van der Waals surface area contributed by atoms with E-state index in [2.05, 4.69) is 15.6 Å². The van der Waals surface area contributed by atoms with E-state index in [9.17, 15) is 9.59 Å². The van der Waals surface area contributed by atoms with Gasteiger partial charge >= 0.3 is 6.09 Å². The molecule has 1 unspecified atom stereocenters. The van der Waals surface area contributed by atoms with Crippen molar-refractivity contribution in [2.45, 2.75) is 53.2 Å². The Labute approximate surface area is 122 Å². The minimum Gasteiger partial charge on any atom is -0.444 e. The molecule has 0 aromatic carbocycles. The third-order valence-electron chi connectivity index (χ3n) is 2.39. The fourth-order valence-electron chi connectivity index (χ4n) is 1.29. The Balaban J connectivity index is 2.53. The molecule has 1 aromatic rings. The molecule has 6 nitrogen and oxygen atoms in total. The van der Waals surface area contributed by atoms with E-state index in [1.54, 1.807) is 27.7 Å². The highest BCUT2D eigenvalue weighted by atomic mass is 32.1. The molecule has 0 aliphatic heterocycles. The van der Waals surface area contributed by atoms with Gasteiger partial charge in [0.05, 0.1) is 5.69 Å². The summed E-state index contributed by atoms with van der Waals surface area (Å²) in [6.45, 7) is 10.7. The third kappa shape index (κ3) is 5.16. The van der Waals surface area contributed by atoms with Crippen molar-refractivity contribution in [3.63, 3.8) is 0 Å². The number of alkyl carbamates (subject to hydrolysis) is 1. The molecule has 1 rings (SSSR count). The highest BCUT2D eigenvalue weighted by molar-refractivity contribution is 7.15. The van der Waals surface area contributed by atoms with Crippen LogP contribution in [-0.2, 0) is 9.53 Å². The fraction of sp³-hybridized carbons (Fsp3) is 0.615. The van der Waals surface area contributed by atoms with Gasteiger partial charge in [-0.2, -0.15) is 0 Å². The number of hydrogen-bond donors (Lipinski definition) is 2. The zero-order valence-electron chi connectivity index (χ0n) is 12.7. The van der Waals surface area contributed by atoms with Gasteiger partial charge in [-0.25, -0.2) is 9.78 Å². The van der Waals surface area contributed by atoms with Crippen LogP contribution in [0.25, 0.3) is 0 Å². The van der Waals surface area contributed by atoms with Crippen LogP contribution < -0.4 is 10.6 Å². The number of amides is 2. The molecule has 1 heterocycles. The van der Waals surface area contributed by atoms with Crippen LogP contribution in [0.15, 0.2) is 0 Å². The first-order valence-corrected chi connectivity index (χ1v) is 7.14. The predicted octanol–water partition coefficient (Wildman–Crippen LogP) is 2.61. The first kappa shape index (κ1) is 16.4. The predicted molar refractivity (Wildman–Crippen MR) is 79.0 cm³/mol. The average molecular weight is 299 g/mol. The average Bonchev–Trinajstić information content (AvgIpc) is 2.54. The molecule has 0 saturated heterocycles. The minimum atomic E-state index is -0.700. The van der Waals surface area contributed by atoms with Crippen LogP contribution in [0.5, 0.6) is 0 Å². The van der Waals surface area contributed by atoms with Crippen LogP contribution in [-0.4, -0.2) is 28.6 Å². The van der Waals surface area contributed by atoms with Gasteiger partial charge in [-0.1, -0.05) is 0 Å². The summed E-state index contributed by atoms with van der Waals surface area (Å²) in [4.78, 5) is 28.7. The second-order valence-corrected chi connectivity index (χ2v) is 6.72. The van der Waals surface area contributed by atoms with Gasteiger partial charge in [0, 0.05) is 4.88 Å². The zero-order chi connectivity index (χ0) is 15.5. The maximum atomic E-state index is 11.9. The van der Waals surface area contributed by atoms with Gasteiger partial charge in [0.25, 0.3) is 0 Å². The first-order valence-electron chi connectivity index (χ1n) is 6.33. The summed E-state index contributed by atoms with van der Waals surface area (Å²) in [5, 5.41) is 5.68. The van der Waals surface area contributed by atoms with Crippen LogP contribution >= 0.6 is 11.3 Å². The SMILES string of the molecule is Cc1nc(NC(=O)C(C)NC(=O)OC(C)(C)C)sc1C. The minimum absolute atomic E-state index is 0.329. The second-order valence-electron chi connectivity index (χ2n) is 5.52. The summed E-state index contributed by atoms with van der Waals surface area (Å²) in [6, 6.07) is -0.700. The third-order valence-corrected chi connectivity index (χ3v) is 3.37. The molecule has 1 atom stereocenters. The van der Waals surface area contributed by atoms with Crippen LogP contribution in [0.1, 0.15) is 38.3 Å². The summed E-state index contributed by atoms with van der Waals surface area (Å²) < 4.78 is 5.09. The van der Waals surface area contributed by atoms with E-state index in [-0.39, 0.29) is 5.91 Å². The lowest BCUT2D eigenvalue weighted by molar-refractivity contribution is -0.117. The number of rotatable bonds is 3. The molecule has 0 aliphatic rings. The topological polar surface area (TPSA) is 80.3 Å². The fourth-order valence-corrected chi connectivity index (χ4v) is 2.11. The van der Waals surface area contributed by atoms with Crippen molar-refractivity contribution in [1.29, 1.82) is 0 Å². The largest absolute Gasteiger partial charge is 0.444 e. The molecule has 7 heteroatoms. The van der Waals surface area contributed by atoms with Gasteiger partial charge < -0.3 is 15.4 Å². The van der Waals surface area contributed by atoms with E-state index < -0.39 is 17.7 Å². The lowest BCUT2D eigenvalue weighted by Crippen LogP contribution is -2.43. The van der Waals surface area contributed by atoms with E-state index in [1.165, 1.54) is 11.3 Å². The van der Waals surface area contributed by atoms with Crippen molar-refractivity contribution >= 4 is 28.5 Å². The van der Waals surface area contributed by atoms with E-state index in [0.29, 0.717) is 5.13 Å². The van der Waals surface area contributed by atoms with Gasteiger partial charge in [-0.05, 0) is 41.5 Å². The molecule has 0 saturated carbocycles. The van der Waals surface area contributed by atoms with E-state index >= 15 is 0 Å². The summed E-state index contributed by atoms with van der Waals surface area (Å²) in [5.74, 6) is -0.329. The molecule has 2 N–H and O–H groups in total. The number of anilines is 1. The highest BCUT2D eigenvalue weighted by Gasteiger charge is 2.21. The number of thiazole rings is 1. The van der Waals surface area contributed by atoms with Gasteiger partial charge in [-0.3, -0.25) is 4.79 Å². The van der Waals surface area contributed by atoms with Crippen LogP contribution in [0.3, 0.4) is 0 Å². The van der Waals surface area contributed by atoms with Gasteiger partial charge in [-0.15, -0.1) is 11.3 Å². The Morgan fingerprint density at radius 1 is 1.30 bits per heavy atom. The van der Waals surface area contributed by atoms with Gasteiger partial charge in [0.2, 0.25) is 5.91 Å². The summed E-state index contributed by atoms with van der Waals surface area (Å²) in [7, 11) is 0. The number of nitrogens with one attached hydrogen (secondary N) is 2. The molecule has 0 bridgehead atoms. The van der Waals surface area contributed by atoms with E-state index in [0.717, 1.165) is 10.6 Å². The number of hydrogen-bond acceptors (Lipinski definition) is 5. The first-order chi connectivity index (χ1) is 9.08. The lowest BCUT2D eigenvalue weighted by atomic mass is 10.2. The summed E-state index contributed by atoms with van der Waals surface area (Å²) in [6.07, 6.45) is -0.619. The van der Waals surface area contributed by atoms with Crippen LogP contribution in [0, 0.1) is 13.8 Å². The van der Waals surface area contributed by atoms with Crippen molar-refractivity contribution < 1.29 is 14.3 Å². The quantitative estimate of drug-likeness (QED) is 0.899. The van der Waals surface area contributed by atoms with Crippen LogP contribution in [0.4, 0.5) is 9.93 Å². The molecule has 0 fully saturated rings. The van der Waals surface area contributed by atoms with Crippen molar-refractivity contribution in [3.8, 4) is 0 Å². The zero-order valence-corrected chi connectivity index (χ0v) is 13.5. The molecular formula is C13H21N3O3S. The second kappa shape index (κ2) is 6.21. The Kier molecular flexibility index (Phi) is 5.10. The molecular weight excluding hydrogens is 278 g/mol. The standard InChI is InChI=1S/C13H21N3O3S/c1-7-9(3)20-11(14-7)16-10(17)8(2)15-12(18)19-13(4,5)6/h8H,1-6H3,(H,15,18)(H,14,16,17). The molecule has 0 aliphatic carbocycles. The maximum Gasteiger partial charge on any atom is 0.408 e. The molecule has 0 radical (unpaired) electrons. The van der Waals surface area contributed by atoms with Crippen LogP contribution in [0.2, 0.25) is 0 Å². The Morgan fingerprint density at radius 3 is 2.35 bits per heavy atom. The smallest absolute Gasteiger partial charge is 0.408 e. The Hall–Kier alpha value is -1.63. The normalized spacial score (nSPS) is 12.7. The molecule has 112 valence electrons. The molecule has 0 spiro atoms. The van der Waals surface area contributed by atoms with E-state index in [4.69, 9.17) is 4.74 Å². The lowest BCUT2D eigenvalue weighted by Gasteiger charge is -2.21. The number of aryl methyl sites for hydroxylation is 2. The van der Waals surface area contributed by atoms with Gasteiger partial charge in [0.15, 0.2) is 5.13 Å². The van der Waals surface area contributed by atoms with Crippen molar-refractivity contribution in [3.05, 3.63) is 10.6 Å².